The standard InChI is InChI=1S/C31H27N3O3/c1-29(2)25-17-30-12-5-13-33(30)28(36)31(25,32-27(30)35)16-23-22-11-10-21(15-24(22)34(37)26(23)29)20-9-8-18-6-3-4-7-19(18)14-20/h3-4,6-11,14-16,25H,5,12-13,17H2,1-2H3,(H,32,35)/t25?,30-,31-/m0/s1. The highest BCUT2D eigenvalue weighted by molar-refractivity contribution is 6.30. The molecule has 1 aliphatic carbocycles. The second kappa shape index (κ2) is 6.49. The normalized spacial score (nSPS) is 30.6. The summed E-state index contributed by atoms with van der Waals surface area (Å²) in [6.07, 6.45) is 4.03. The highest BCUT2D eigenvalue weighted by Gasteiger charge is 2.73. The van der Waals surface area contributed by atoms with Gasteiger partial charge in [-0.1, -0.05) is 42.5 Å². The Morgan fingerprint density at radius 1 is 1.00 bits per heavy atom. The Bertz CT molecular complexity index is 1670. The Hall–Kier alpha value is -3.93. The Balaban J connectivity index is 1.31. The predicted molar refractivity (Wildman–Crippen MR) is 142 cm³/mol. The number of piperidine rings is 2. The van der Waals surface area contributed by atoms with Crippen LogP contribution in [0.1, 0.15) is 38.7 Å². The van der Waals surface area contributed by atoms with Crippen molar-refractivity contribution in [3.05, 3.63) is 77.5 Å². The minimum absolute atomic E-state index is 0.0147. The van der Waals surface area contributed by atoms with Crippen molar-refractivity contribution in [1.82, 2.24) is 10.2 Å². The Morgan fingerprint density at radius 2 is 1.76 bits per heavy atom. The third-order valence-corrected chi connectivity index (χ3v) is 9.82. The maximum Gasteiger partial charge on any atom is 0.253 e. The SMILES string of the molecule is CC1(C)C2=[N+]([O-])c3cc(-c4ccc5ccccc5c4)ccc3C2=C[C@@]23NC(=O)[C@]4(CCCN4C2=O)CC13. The third kappa shape index (κ3) is 2.35. The van der Waals surface area contributed by atoms with Gasteiger partial charge in [-0.3, -0.25) is 9.59 Å². The molecule has 37 heavy (non-hydrogen) atoms. The second-order valence-electron chi connectivity index (χ2n) is 11.9. The molecule has 4 fully saturated rings. The molecule has 2 spiro atoms. The first-order valence-electron chi connectivity index (χ1n) is 13.1. The molecule has 0 radical (unpaired) electrons. The molecular formula is C31H27N3O3. The number of rotatable bonds is 1. The number of fused-ring (bicyclic) bond motifs is 5. The fourth-order valence-electron chi connectivity index (χ4n) is 8.04. The van der Waals surface area contributed by atoms with Crippen LogP contribution in [0.5, 0.6) is 0 Å². The van der Waals surface area contributed by atoms with Gasteiger partial charge in [-0.25, -0.2) is 0 Å². The molecular weight excluding hydrogens is 462 g/mol. The lowest BCUT2D eigenvalue weighted by atomic mass is 9.51. The van der Waals surface area contributed by atoms with Crippen LogP contribution in [-0.2, 0) is 9.59 Å². The van der Waals surface area contributed by atoms with Crippen LogP contribution in [0, 0.1) is 16.5 Å². The Kier molecular flexibility index (Phi) is 3.72. The molecule has 2 amide bonds. The number of piperazine rings is 1. The molecule has 1 N–H and O–H groups in total. The van der Waals surface area contributed by atoms with E-state index >= 15 is 0 Å². The number of nitrogens with one attached hydrogen (secondary N) is 1. The number of nitrogens with zero attached hydrogens (tertiary/aromatic N) is 2. The molecule has 1 unspecified atom stereocenters. The van der Waals surface area contributed by atoms with Gasteiger partial charge in [-0.15, -0.1) is 0 Å². The van der Waals surface area contributed by atoms with Gasteiger partial charge in [0.1, 0.15) is 11.1 Å². The lowest BCUT2D eigenvalue weighted by molar-refractivity contribution is -0.362. The number of benzene rings is 3. The zero-order chi connectivity index (χ0) is 25.3. The molecule has 184 valence electrons. The molecule has 9 rings (SSSR count). The zero-order valence-electron chi connectivity index (χ0n) is 20.9. The van der Waals surface area contributed by atoms with Gasteiger partial charge in [-0.2, -0.15) is 4.74 Å². The summed E-state index contributed by atoms with van der Waals surface area (Å²) >= 11 is 0. The summed E-state index contributed by atoms with van der Waals surface area (Å²) in [7, 11) is 0. The quantitative estimate of drug-likeness (QED) is 0.395. The van der Waals surface area contributed by atoms with E-state index in [9.17, 15) is 14.8 Å². The van der Waals surface area contributed by atoms with Crippen molar-refractivity contribution >= 4 is 39.6 Å². The summed E-state index contributed by atoms with van der Waals surface area (Å²) in [5.74, 6) is -0.232. The zero-order valence-corrected chi connectivity index (χ0v) is 20.9. The first-order valence-corrected chi connectivity index (χ1v) is 13.1. The maximum absolute atomic E-state index is 13.9. The van der Waals surface area contributed by atoms with Gasteiger partial charge >= 0.3 is 0 Å². The topological polar surface area (TPSA) is 75.5 Å². The van der Waals surface area contributed by atoms with Crippen LogP contribution in [0.25, 0.3) is 27.5 Å². The van der Waals surface area contributed by atoms with Gasteiger partial charge in [0.25, 0.3) is 5.91 Å². The van der Waals surface area contributed by atoms with Crippen LogP contribution in [-0.4, -0.2) is 44.8 Å². The number of hydrogen-bond donors (Lipinski definition) is 1. The average molecular weight is 490 g/mol. The number of carbonyl (C=O) groups is 2. The van der Waals surface area contributed by atoms with Crippen LogP contribution >= 0.6 is 0 Å². The highest BCUT2D eigenvalue weighted by atomic mass is 16.5. The minimum atomic E-state index is -1.11. The van der Waals surface area contributed by atoms with Crippen LogP contribution in [0.2, 0.25) is 0 Å². The molecule has 6 aliphatic rings. The van der Waals surface area contributed by atoms with E-state index < -0.39 is 16.5 Å². The largest absolute Gasteiger partial charge is 0.618 e. The lowest BCUT2D eigenvalue weighted by Crippen LogP contribution is -2.83. The molecule has 2 bridgehead atoms. The molecule has 3 aromatic rings. The van der Waals surface area contributed by atoms with E-state index in [-0.39, 0.29) is 17.7 Å². The molecule has 3 aromatic carbocycles. The van der Waals surface area contributed by atoms with Gasteiger partial charge in [0.2, 0.25) is 17.3 Å². The Morgan fingerprint density at radius 3 is 2.59 bits per heavy atom. The van der Waals surface area contributed by atoms with E-state index in [0.717, 1.165) is 38.8 Å². The first kappa shape index (κ1) is 21.2. The first-order chi connectivity index (χ1) is 17.8. The van der Waals surface area contributed by atoms with E-state index in [1.165, 1.54) is 5.39 Å². The molecule has 0 saturated carbocycles. The molecule has 6 heteroatoms. The average Bonchev–Trinajstić information content (AvgIpc) is 3.45. The molecule has 5 heterocycles. The van der Waals surface area contributed by atoms with Crippen LogP contribution < -0.4 is 5.32 Å². The van der Waals surface area contributed by atoms with Crippen molar-refractivity contribution in [3.8, 4) is 11.1 Å². The van der Waals surface area contributed by atoms with Gasteiger partial charge in [0, 0.05) is 18.5 Å². The van der Waals surface area contributed by atoms with Crippen molar-refractivity contribution in [2.24, 2.45) is 11.3 Å². The molecule has 6 nitrogen and oxygen atoms in total. The smallest absolute Gasteiger partial charge is 0.253 e. The summed E-state index contributed by atoms with van der Waals surface area (Å²) in [5.41, 5.74) is 2.45. The monoisotopic (exact) mass is 489 g/mol. The maximum atomic E-state index is 13.9. The van der Waals surface area contributed by atoms with Gasteiger partial charge < -0.3 is 15.4 Å². The van der Waals surface area contributed by atoms with E-state index in [0.29, 0.717) is 30.8 Å². The summed E-state index contributed by atoms with van der Waals surface area (Å²) in [4.78, 5) is 29.1. The van der Waals surface area contributed by atoms with Crippen LogP contribution in [0.3, 0.4) is 0 Å². The molecule has 4 saturated heterocycles. The summed E-state index contributed by atoms with van der Waals surface area (Å²) < 4.78 is 1.08. The number of carbonyl (C=O) groups excluding carboxylic acids is 2. The van der Waals surface area contributed by atoms with E-state index in [2.05, 4.69) is 49.5 Å². The fraction of sp³-hybridized carbons (Fsp3) is 0.323. The van der Waals surface area contributed by atoms with E-state index in [1.54, 1.807) is 0 Å². The summed E-state index contributed by atoms with van der Waals surface area (Å²) in [5, 5.41) is 19.4. The minimum Gasteiger partial charge on any atom is -0.618 e. The number of amides is 2. The molecule has 0 aromatic heterocycles. The van der Waals surface area contributed by atoms with Gasteiger partial charge in [0.15, 0.2) is 0 Å². The fourth-order valence-corrected chi connectivity index (χ4v) is 8.04. The van der Waals surface area contributed by atoms with Gasteiger partial charge in [0.05, 0.1) is 16.6 Å². The van der Waals surface area contributed by atoms with Crippen LogP contribution in [0.4, 0.5) is 5.69 Å². The van der Waals surface area contributed by atoms with E-state index in [1.807, 2.05) is 41.3 Å². The van der Waals surface area contributed by atoms with Crippen LogP contribution in [0.15, 0.2) is 66.7 Å². The summed E-state index contributed by atoms with van der Waals surface area (Å²) in [6, 6.07) is 20.6. The van der Waals surface area contributed by atoms with E-state index in [4.69, 9.17) is 0 Å². The molecule has 3 atom stereocenters. The van der Waals surface area contributed by atoms with Crippen molar-refractivity contribution in [1.29, 1.82) is 0 Å². The van der Waals surface area contributed by atoms with Crippen molar-refractivity contribution < 1.29 is 14.3 Å². The predicted octanol–water partition coefficient (Wildman–Crippen LogP) is 4.78. The number of allylic oxidation sites excluding steroid dienone is 1. The van der Waals surface area contributed by atoms with Crippen molar-refractivity contribution in [3.63, 3.8) is 0 Å². The van der Waals surface area contributed by atoms with Crippen molar-refractivity contribution in [2.45, 2.75) is 44.2 Å². The van der Waals surface area contributed by atoms with Crippen molar-refractivity contribution in [2.75, 3.05) is 6.54 Å². The number of hydrogen-bond acceptors (Lipinski definition) is 3. The van der Waals surface area contributed by atoms with Gasteiger partial charge in [-0.05, 0) is 73.2 Å². The third-order valence-electron chi connectivity index (χ3n) is 9.82. The Labute approximate surface area is 214 Å². The second-order valence-corrected chi connectivity index (χ2v) is 11.9. The highest BCUT2D eigenvalue weighted by Crippen LogP contribution is 2.60. The lowest BCUT2D eigenvalue weighted by Gasteiger charge is -2.62. The summed E-state index contributed by atoms with van der Waals surface area (Å²) in [6.45, 7) is 4.76. The molecule has 5 aliphatic heterocycles.